The molecule has 0 radical (unpaired) electrons. The van der Waals surface area contributed by atoms with Gasteiger partial charge in [0.1, 0.15) is 4.99 Å². The minimum Gasteiger partial charge on any atom is -0.481 e. The largest absolute Gasteiger partial charge is 0.481 e. The van der Waals surface area contributed by atoms with Crippen molar-refractivity contribution in [3.05, 3.63) is 52.7 Å². The average molecular weight is 308 g/mol. The molecule has 1 aromatic carbocycles. The van der Waals surface area contributed by atoms with Crippen molar-refractivity contribution < 1.29 is 4.74 Å². The molecule has 4 nitrogen and oxygen atoms in total. The number of halogens is 1. The van der Waals surface area contributed by atoms with Crippen molar-refractivity contribution in [1.29, 1.82) is 0 Å². The van der Waals surface area contributed by atoms with Crippen molar-refractivity contribution in [2.24, 2.45) is 5.73 Å². The number of methoxy groups -OCH3 is 1. The van der Waals surface area contributed by atoms with Gasteiger partial charge in [-0.1, -0.05) is 29.9 Å². The van der Waals surface area contributed by atoms with E-state index in [4.69, 9.17) is 34.3 Å². The van der Waals surface area contributed by atoms with Crippen molar-refractivity contribution in [2.75, 3.05) is 12.4 Å². The number of pyridine rings is 1. The number of ether oxygens (including phenoxy) is 1. The molecule has 0 aliphatic rings. The minimum atomic E-state index is 0.269. The second-order valence-corrected chi connectivity index (χ2v) is 4.93. The quantitative estimate of drug-likeness (QED) is 0.832. The first-order valence-corrected chi connectivity index (χ1v) is 6.71. The SMILES string of the molecule is COc1cc(CNc2cccc(Cl)c2C(N)=S)ccn1. The monoisotopic (exact) mass is 307 g/mol. The first-order chi connectivity index (χ1) is 9.61. The van der Waals surface area contributed by atoms with Crippen LogP contribution in [0.2, 0.25) is 5.02 Å². The Kier molecular flexibility index (Phi) is 4.76. The number of nitrogens with one attached hydrogen (secondary N) is 1. The number of nitrogens with two attached hydrogens (primary N) is 1. The fourth-order valence-corrected chi connectivity index (χ4v) is 2.34. The topological polar surface area (TPSA) is 60.2 Å². The maximum Gasteiger partial charge on any atom is 0.213 e. The number of rotatable bonds is 5. The summed E-state index contributed by atoms with van der Waals surface area (Å²) in [7, 11) is 1.58. The summed E-state index contributed by atoms with van der Waals surface area (Å²) in [6.45, 7) is 0.592. The Bertz CT molecular complexity index is 634. The van der Waals surface area contributed by atoms with Gasteiger partial charge in [-0.15, -0.1) is 0 Å². The van der Waals surface area contributed by atoms with E-state index in [-0.39, 0.29) is 4.99 Å². The summed E-state index contributed by atoms with van der Waals surface area (Å²) < 4.78 is 5.09. The molecule has 20 heavy (non-hydrogen) atoms. The maximum atomic E-state index is 6.12. The third-order valence-electron chi connectivity index (χ3n) is 2.75. The molecule has 1 heterocycles. The Labute approximate surface area is 127 Å². The van der Waals surface area contributed by atoms with Crippen molar-refractivity contribution >= 4 is 34.5 Å². The maximum absolute atomic E-state index is 6.12. The average Bonchev–Trinajstić information content (AvgIpc) is 2.45. The van der Waals surface area contributed by atoms with Crippen LogP contribution in [0.25, 0.3) is 0 Å². The number of hydrogen-bond acceptors (Lipinski definition) is 4. The molecule has 0 unspecified atom stereocenters. The summed E-state index contributed by atoms with van der Waals surface area (Å²) in [5.74, 6) is 0.574. The molecule has 0 fully saturated rings. The second kappa shape index (κ2) is 6.54. The van der Waals surface area contributed by atoms with Gasteiger partial charge in [-0.25, -0.2) is 4.98 Å². The Balaban J connectivity index is 2.18. The summed E-state index contributed by atoms with van der Waals surface area (Å²) in [4.78, 5) is 4.33. The van der Waals surface area contributed by atoms with Crippen molar-refractivity contribution in [3.8, 4) is 5.88 Å². The molecule has 0 spiro atoms. The van der Waals surface area contributed by atoms with E-state index in [1.54, 1.807) is 19.4 Å². The van der Waals surface area contributed by atoms with E-state index < -0.39 is 0 Å². The number of thiocarbonyl (C=S) groups is 1. The molecule has 6 heteroatoms. The van der Waals surface area contributed by atoms with Crippen LogP contribution in [-0.4, -0.2) is 17.1 Å². The van der Waals surface area contributed by atoms with Crippen molar-refractivity contribution in [3.63, 3.8) is 0 Å². The first-order valence-electron chi connectivity index (χ1n) is 5.93. The molecule has 104 valence electrons. The van der Waals surface area contributed by atoms with Crippen LogP contribution in [0.5, 0.6) is 5.88 Å². The van der Waals surface area contributed by atoms with Crippen LogP contribution in [0.1, 0.15) is 11.1 Å². The summed E-state index contributed by atoms with van der Waals surface area (Å²) in [5, 5.41) is 3.80. The van der Waals surface area contributed by atoms with E-state index in [1.165, 1.54) is 0 Å². The lowest BCUT2D eigenvalue weighted by Crippen LogP contribution is -2.14. The van der Waals surface area contributed by atoms with Gasteiger partial charge >= 0.3 is 0 Å². The highest BCUT2D eigenvalue weighted by Gasteiger charge is 2.09. The highest BCUT2D eigenvalue weighted by atomic mass is 35.5. The fraction of sp³-hybridized carbons (Fsp3) is 0.143. The van der Waals surface area contributed by atoms with Crippen LogP contribution in [0.4, 0.5) is 5.69 Å². The Morgan fingerprint density at radius 2 is 2.25 bits per heavy atom. The second-order valence-electron chi connectivity index (χ2n) is 4.09. The highest BCUT2D eigenvalue weighted by Crippen LogP contribution is 2.24. The standard InChI is InChI=1S/C14H14ClN3OS/c1-19-12-7-9(5-6-17-12)8-18-11-4-2-3-10(15)13(11)14(16)20/h2-7,18H,8H2,1H3,(H2,16,20). The smallest absolute Gasteiger partial charge is 0.213 e. The first kappa shape index (κ1) is 14.6. The number of benzene rings is 1. The Hall–Kier alpha value is -1.85. The Morgan fingerprint density at radius 3 is 2.95 bits per heavy atom. The zero-order valence-corrected chi connectivity index (χ0v) is 12.5. The molecule has 0 bridgehead atoms. The van der Waals surface area contributed by atoms with E-state index in [2.05, 4.69) is 10.3 Å². The van der Waals surface area contributed by atoms with E-state index in [0.29, 0.717) is 23.0 Å². The summed E-state index contributed by atoms with van der Waals surface area (Å²) in [6, 6.07) is 9.26. The number of nitrogens with zero attached hydrogens (tertiary/aromatic N) is 1. The minimum absolute atomic E-state index is 0.269. The van der Waals surface area contributed by atoms with Crippen molar-refractivity contribution in [1.82, 2.24) is 4.98 Å². The van der Waals surface area contributed by atoms with Crippen LogP contribution in [0.15, 0.2) is 36.5 Å². The number of anilines is 1. The molecule has 2 aromatic rings. The zero-order valence-electron chi connectivity index (χ0n) is 10.9. The van der Waals surface area contributed by atoms with Gasteiger partial charge < -0.3 is 15.8 Å². The van der Waals surface area contributed by atoms with E-state index in [0.717, 1.165) is 11.3 Å². The van der Waals surface area contributed by atoms with E-state index in [9.17, 15) is 0 Å². The lowest BCUT2D eigenvalue weighted by atomic mass is 10.1. The predicted molar refractivity (Wildman–Crippen MR) is 85.5 cm³/mol. The van der Waals surface area contributed by atoms with E-state index >= 15 is 0 Å². The lowest BCUT2D eigenvalue weighted by Gasteiger charge is -2.13. The molecule has 0 saturated carbocycles. The highest BCUT2D eigenvalue weighted by molar-refractivity contribution is 7.80. The van der Waals surface area contributed by atoms with Gasteiger partial charge in [-0.3, -0.25) is 0 Å². The van der Waals surface area contributed by atoms with Gasteiger partial charge in [-0.2, -0.15) is 0 Å². The van der Waals surface area contributed by atoms with E-state index in [1.807, 2.05) is 24.3 Å². The molecule has 2 rings (SSSR count). The normalized spacial score (nSPS) is 10.1. The third-order valence-corrected chi connectivity index (χ3v) is 3.27. The van der Waals surface area contributed by atoms with Gasteiger partial charge in [0.2, 0.25) is 5.88 Å². The molecule has 3 N–H and O–H groups in total. The van der Waals surface area contributed by atoms with Crippen LogP contribution in [-0.2, 0) is 6.54 Å². The molecule has 0 saturated heterocycles. The van der Waals surface area contributed by atoms with Gasteiger partial charge in [0.25, 0.3) is 0 Å². The zero-order chi connectivity index (χ0) is 14.5. The summed E-state index contributed by atoms with van der Waals surface area (Å²) in [6.07, 6.45) is 1.70. The molecule has 0 aliphatic carbocycles. The van der Waals surface area contributed by atoms with Crippen LogP contribution in [0.3, 0.4) is 0 Å². The van der Waals surface area contributed by atoms with Crippen molar-refractivity contribution in [2.45, 2.75) is 6.54 Å². The van der Waals surface area contributed by atoms with Gasteiger partial charge in [0, 0.05) is 24.5 Å². The number of aromatic nitrogens is 1. The molecular formula is C14H14ClN3OS. The molecular weight excluding hydrogens is 294 g/mol. The lowest BCUT2D eigenvalue weighted by molar-refractivity contribution is 0.397. The van der Waals surface area contributed by atoms with Crippen LogP contribution < -0.4 is 15.8 Å². The molecule has 0 aliphatic heterocycles. The summed E-state index contributed by atoms with van der Waals surface area (Å²) >= 11 is 11.1. The fourth-order valence-electron chi connectivity index (χ4n) is 1.79. The third kappa shape index (κ3) is 3.37. The van der Waals surface area contributed by atoms with Crippen LogP contribution >= 0.6 is 23.8 Å². The molecule has 1 aromatic heterocycles. The number of hydrogen-bond donors (Lipinski definition) is 2. The van der Waals surface area contributed by atoms with Gasteiger partial charge in [-0.05, 0) is 23.8 Å². The van der Waals surface area contributed by atoms with Crippen LogP contribution in [0, 0.1) is 0 Å². The Morgan fingerprint density at radius 1 is 1.45 bits per heavy atom. The molecule has 0 atom stereocenters. The summed E-state index contributed by atoms with van der Waals surface area (Å²) in [5.41, 5.74) is 8.20. The molecule has 0 amide bonds. The van der Waals surface area contributed by atoms with Gasteiger partial charge in [0.05, 0.1) is 17.7 Å². The van der Waals surface area contributed by atoms with Gasteiger partial charge in [0.15, 0.2) is 0 Å². The predicted octanol–water partition coefficient (Wildman–Crippen LogP) is 2.99.